The van der Waals surface area contributed by atoms with Gasteiger partial charge in [0.05, 0.1) is 19.8 Å². The summed E-state index contributed by atoms with van der Waals surface area (Å²) >= 11 is 4.86. The fraction of sp³-hybridized carbons (Fsp3) is 0.263. The normalized spacial score (nSPS) is 12.9. The van der Waals surface area contributed by atoms with Gasteiger partial charge >= 0.3 is 5.97 Å². The van der Waals surface area contributed by atoms with Crippen LogP contribution in [0.3, 0.4) is 0 Å². The van der Waals surface area contributed by atoms with Gasteiger partial charge in [-0.1, -0.05) is 15.9 Å². The lowest BCUT2D eigenvalue weighted by molar-refractivity contribution is -0.111. The first-order chi connectivity index (χ1) is 12.5. The highest BCUT2D eigenvalue weighted by Crippen LogP contribution is 2.39. The van der Waals surface area contributed by atoms with E-state index in [1.807, 2.05) is 18.2 Å². The smallest absolute Gasteiger partial charge is 0.341 e. The minimum Gasteiger partial charge on any atom is -0.496 e. The van der Waals surface area contributed by atoms with Crippen LogP contribution in [0.25, 0.3) is 6.08 Å². The number of rotatable bonds is 5. The third-order valence-electron chi connectivity index (χ3n) is 4.15. The SMILES string of the molecule is COC(=O)c1c(NC(=O)/C=C/c2cc(Br)ccc2OC)sc2c1CCC2. The zero-order valence-electron chi connectivity index (χ0n) is 14.4. The number of hydrogen-bond acceptors (Lipinski definition) is 5. The van der Waals surface area contributed by atoms with Crippen molar-refractivity contribution in [3.05, 3.63) is 50.3 Å². The van der Waals surface area contributed by atoms with Gasteiger partial charge in [-0.15, -0.1) is 11.3 Å². The van der Waals surface area contributed by atoms with Crippen LogP contribution in [-0.2, 0) is 22.4 Å². The highest BCUT2D eigenvalue weighted by molar-refractivity contribution is 9.10. The number of halogens is 1. The quantitative estimate of drug-likeness (QED) is 0.556. The first-order valence-corrected chi connectivity index (χ1v) is 9.70. The molecule has 0 radical (unpaired) electrons. The number of thiophene rings is 1. The topological polar surface area (TPSA) is 64.6 Å². The van der Waals surface area contributed by atoms with E-state index in [1.54, 1.807) is 13.2 Å². The van der Waals surface area contributed by atoms with E-state index in [4.69, 9.17) is 9.47 Å². The minimum atomic E-state index is -0.405. The molecule has 1 amide bonds. The summed E-state index contributed by atoms with van der Waals surface area (Å²) in [5.41, 5.74) is 2.28. The van der Waals surface area contributed by atoms with E-state index in [2.05, 4.69) is 21.2 Å². The average Bonchev–Trinajstić information content (AvgIpc) is 3.20. The third kappa shape index (κ3) is 3.83. The van der Waals surface area contributed by atoms with E-state index in [1.165, 1.54) is 24.5 Å². The monoisotopic (exact) mass is 435 g/mol. The van der Waals surface area contributed by atoms with Crippen LogP contribution in [0, 0.1) is 0 Å². The van der Waals surface area contributed by atoms with Crippen LogP contribution >= 0.6 is 27.3 Å². The van der Waals surface area contributed by atoms with Gasteiger partial charge in [0.2, 0.25) is 5.91 Å². The number of anilines is 1. The molecule has 3 rings (SSSR count). The number of esters is 1. The maximum absolute atomic E-state index is 12.4. The van der Waals surface area contributed by atoms with Crippen LogP contribution in [0.5, 0.6) is 5.75 Å². The standard InChI is InChI=1S/C19H18BrNO4S/c1-24-14-8-7-12(20)10-11(14)6-9-16(22)21-18-17(19(23)25-2)13-4-3-5-15(13)26-18/h6-10H,3-5H2,1-2H3,(H,21,22)/b9-6+. The number of carbonyl (C=O) groups excluding carboxylic acids is 2. The van der Waals surface area contributed by atoms with Crippen LogP contribution in [0.1, 0.15) is 32.8 Å². The Hall–Kier alpha value is -2.12. The second-order valence-electron chi connectivity index (χ2n) is 5.76. The lowest BCUT2D eigenvalue weighted by Crippen LogP contribution is -2.12. The lowest BCUT2D eigenvalue weighted by atomic mass is 10.1. The van der Waals surface area contributed by atoms with Gasteiger partial charge in [0, 0.05) is 21.0 Å². The van der Waals surface area contributed by atoms with Crippen molar-refractivity contribution in [1.82, 2.24) is 0 Å². The summed E-state index contributed by atoms with van der Waals surface area (Å²) in [5, 5.41) is 3.37. The van der Waals surface area contributed by atoms with Gasteiger partial charge in [0.1, 0.15) is 10.8 Å². The summed E-state index contributed by atoms with van der Waals surface area (Å²) in [6.07, 6.45) is 5.92. The lowest BCUT2D eigenvalue weighted by Gasteiger charge is -2.06. The largest absolute Gasteiger partial charge is 0.496 e. The molecule has 2 aromatic rings. The van der Waals surface area contributed by atoms with Crippen molar-refractivity contribution in [2.24, 2.45) is 0 Å². The summed E-state index contributed by atoms with van der Waals surface area (Å²) in [6, 6.07) is 5.55. The molecule has 1 aliphatic carbocycles. The van der Waals surface area contributed by atoms with E-state index < -0.39 is 5.97 Å². The van der Waals surface area contributed by atoms with Crippen LogP contribution in [0.2, 0.25) is 0 Å². The van der Waals surface area contributed by atoms with Crippen LogP contribution < -0.4 is 10.1 Å². The van der Waals surface area contributed by atoms with Crippen molar-refractivity contribution in [2.75, 3.05) is 19.5 Å². The van der Waals surface area contributed by atoms with Crippen molar-refractivity contribution in [2.45, 2.75) is 19.3 Å². The number of ether oxygens (including phenoxy) is 2. The second-order valence-corrected chi connectivity index (χ2v) is 7.78. The van der Waals surface area contributed by atoms with Crippen LogP contribution in [0.15, 0.2) is 28.7 Å². The van der Waals surface area contributed by atoms with Gasteiger partial charge in [-0.2, -0.15) is 0 Å². The summed E-state index contributed by atoms with van der Waals surface area (Å²) in [7, 11) is 2.93. The molecule has 0 aliphatic heterocycles. The first-order valence-electron chi connectivity index (χ1n) is 8.09. The highest BCUT2D eigenvalue weighted by Gasteiger charge is 2.27. The Kier molecular flexibility index (Phi) is 5.78. The molecule has 136 valence electrons. The van der Waals surface area contributed by atoms with Crippen molar-refractivity contribution in [1.29, 1.82) is 0 Å². The molecule has 1 heterocycles. The Morgan fingerprint density at radius 3 is 2.81 bits per heavy atom. The van der Waals surface area contributed by atoms with Crippen LogP contribution in [-0.4, -0.2) is 26.1 Å². The number of benzene rings is 1. The van der Waals surface area contributed by atoms with E-state index >= 15 is 0 Å². The van der Waals surface area contributed by atoms with Gasteiger partial charge in [0.25, 0.3) is 0 Å². The highest BCUT2D eigenvalue weighted by atomic mass is 79.9. The Morgan fingerprint density at radius 2 is 2.08 bits per heavy atom. The second kappa shape index (κ2) is 8.05. The van der Waals surface area contributed by atoms with Gasteiger partial charge in [-0.3, -0.25) is 4.79 Å². The molecule has 0 atom stereocenters. The number of hydrogen-bond donors (Lipinski definition) is 1. The molecular weight excluding hydrogens is 418 g/mol. The Labute approximate surface area is 164 Å². The molecule has 1 aliphatic rings. The Bertz CT molecular complexity index is 888. The average molecular weight is 436 g/mol. The van der Waals surface area contributed by atoms with Crippen molar-refractivity contribution in [3.8, 4) is 5.75 Å². The number of carbonyl (C=O) groups is 2. The summed E-state index contributed by atoms with van der Waals surface area (Å²) < 4.78 is 11.1. The maximum atomic E-state index is 12.4. The Balaban J connectivity index is 1.81. The van der Waals surface area contributed by atoms with Gasteiger partial charge in [-0.05, 0) is 49.1 Å². The number of fused-ring (bicyclic) bond motifs is 1. The molecule has 1 aromatic carbocycles. The van der Waals surface area contributed by atoms with Crippen molar-refractivity contribution < 1.29 is 19.1 Å². The maximum Gasteiger partial charge on any atom is 0.341 e. The fourth-order valence-corrected chi connectivity index (χ4v) is 4.62. The van der Waals surface area contributed by atoms with Gasteiger partial charge in [0.15, 0.2) is 0 Å². The predicted octanol–water partition coefficient (Wildman–Crippen LogP) is 4.45. The molecule has 1 N–H and O–H groups in total. The molecule has 5 nitrogen and oxygen atoms in total. The van der Waals surface area contributed by atoms with Gasteiger partial charge in [-0.25, -0.2) is 4.79 Å². The van der Waals surface area contributed by atoms with Crippen molar-refractivity contribution >= 4 is 50.2 Å². The van der Waals surface area contributed by atoms with Crippen LogP contribution in [0.4, 0.5) is 5.00 Å². The Morgan fingerprint density at radius 1 is 1.27 bits per heavy atom. The van der Waals surface area contributed by atoms with E-state index in [0.717, 1.165) is 39.7 Å². The van der Waals surface area contributed by atoms with E-state index in [-0.39, 0.29) is 5.91 Å². The fourth-order valence-electron chi connectivity index (χ4n) is 2.96. The molecule has 0 bridgehead atoms. The predicted molar refractivity (Wildman–Crippen MR) is 106 cm³/mol. The summed E-state index contributed by atoms with van der Waals surface area (Å²) in [4.78, 5) is 25.6. The molecule has 0 fully saturated rings. The molecule has 0 saturated heterocycles. The minimum absolute atomic E-state index is 0.308. The first kappa shape index (κ1) is 18.7. The summed E-state index contributed by atoms with van der Waals surface area (Å²) in [5.74, 6) is -0.0444. The molecule has 0 spiro atoms. The third-order valence-corrected chi connectivity index (χ3v) is 5.85. The molecule has 7 heteroatoms. The molecular formula is C19H18BrNO4S. The van der Waals surface area contributed by atoms with E-state index in [0.29, 0.717) is 16.3 Å². The zero-order valence-corrected chi connectivity index (χ0v) is 16.8. The molecule has 1 aromatic heterocycles. The molecule has 0 saturated carbocycles. The number of amides is 1. The number of methoxy groups -OCH3 is 2. The van der Waals surface area contributed by atoms with Crippen molar-refractivity contribution in [3.63, 3.8) is 0 Å². The molecule has 26 heavy (non-hydrogen) atoms. The number of nitrogens with one attached hydrogen (secondary N) is 1. The summed E-state index contributed by atoms with van der Waals surface area (Å²) in [6.45, 7) is 0. The van der Waals surface area contributed by atoms with E-state index in [9.17, 15) is 9.59 Å². The van der Waals surface area contributed by atoms with Gasteiger partial charge < -0.3 is 14.8 Å². The number of aryl methyl sites for hydroxylation is 1. The zero-order chi connectivity index (χ0) is 18.7. The molecule has 0 unspecified atom stereocenters.